The van der Waals surface area contributed by atoms with Crippen molar-refractivity contribution in [3.8, 4) is 0 Å². The highest BCUT2D eigenvalue weighted by atomic mass is 32.2. The minimum Gasteiger partial charge on any atom is -0.468 e. The molecule has 0 aromatic carbocycles. The molecule has 0 radical (unpaired) electrons. The van der Waals surface area contributed by atoms with E-state index in [0.29, 0.717) is 6.54 Å². The maximum absolute atomic E-state index is 5.79. The van der Waals surface area contributed by atoms with Gasteiger partial charge in [0.1, 0.15) is 5.76 Å². The molecule has 0 atom stereocenters. The summed E-state index contributed by atoms with van der Waals surface area (Å²) in [6, 6.07) is 4.05. The fraction of sp³-hybridized carbons (Fsp3) is 0.308. The highest BCUT2D eigenvalue weighted by Crippen LogP contribution is 2.34. The number of rotatable bonds is 3. The van der Waals surface area contributed by atoms with E-state index >= 15 is 0 Å². The number of nitrogens with two attached hydrogens (primary N) is 1. The molecule has 2 aromatic rings. The lowest BCUT2D eigenvalue weighted by molar-refractivity contribution is 0.527. The Labute approximate surface area is 105 Å². The molecular weight excluding hydrogens is 232 g/mol. The van der Waals surface area contributed by atoms with E-state index < -0.39 is 0 Å². The summed E-state index contributed by atoms with van der Waals surface area (Å²) in [6.45, 7) is 6.48. The summed E-state index contributed by atoms with van der Waals surface area (Å²) in [5.41, 5.74) is 8.93. The Bertz CT molecular complexity index is 534. The second kappa shape index (κ2) is 4.94. The zero-order chi connectivity index (χ0) is 12.4. The van der Waals surface area contributed by atoms with Gasteiger partial charge in [0.15, 0.2) is 0 Å². The number of aromatic nitrogens is 1. The quantitative estimate of drug-likeness (QED) is 0.906. The summed E-state index contributed by atoms with van der Waals surface area (Å²) in [4.78, 5) is 6.74. The first kappa shape index (κ1) is 12.2. The van der Waals surface area contributed by atoms with Gasteiger partial charge in [0, 0.05) is 28.4 Å². The van der Waals surface area contributed by atoms with Gasteiger partial charge in [-0.15, -0.1) is 0 Å². The third-order valence-electron chi connectivity index (χ3n) is 2.65. The van der Waals surface area contributed by atoms with Gasteiger partial charge < -0.3 is 10.2 Å². The predicted molar refractivity (Wildman–Crippen MR) is 69.2 cm³/mol. The van der Waals surface area contributed by atoms with Crippen molar-refractivity contribution in [1.82, 2.24) is 4.98 Å². The predicted octanol–water partition coefficient (Wildman–Crippen LogP) is 3.21. The van der Waals surface area contributed by atoms with Gasteiger partial charge >= 0.3 is 0 Å². The molecule has 0 spiro atoms. The molecule has 0 aliphatic heterocycles. The number of aryl methyl sites for hydroxylation is 3. The van der Waals surface area contributed by atoms with E-state index in [-0.39, 0.29) is 0 Å². The largest absolute Gasteiger partial charge is 0.468 e. The maximum Gasteiger partial charge on any atom is 0.114 e. The van der Waals surface area contributed by atoms with Crippen LogP contribution in [-0.4, -0.2) is 4.98 Å². The van der Waals surface area contributed by atoms with Gasteiger partial charge in [-0.3, -0.25) is 4.98 Å². The van der Waals surface area contributed by atoms with E-state index in [0.717, 1.165) is 27.6 Å². The number of pyridine rings is 1. The van der Waals surface area contributed by atoms with Crippen LogP contribution in [0.25, 0.3) is 0 Å². The van der Waals surface area contributed by atoms with Crippen LogP contribution in [0, 0.1) is 20.8 Å². The molecule has 0 aliphatic carbocycles. The van der Waals surface area contributed by atoms with Crippen molar-refractivity contribution in [3.63, 3.8) is 0 Å². The Balaban J connectivity index is 2.41. The summed E-state index contributed by atoms with van der Waals surface area (Å²) in [7, 11) is 0. The molecule has 4 heteroatoms. The Morgan fingerprint density at radius 3 is 2.65 bits per heavy atom. The first-order valence-electron chi connectivity index (χ1n) is 5.51. The second-order valence-electron chi connectivity index (χ2n) is 3.97. The summed E-state index contributed by atoms with van der Waals surface area (Å²) >= 11 is 1.69. The van der Waals surface area contributed by atoms with Crippen LogP contribution in [0.5, 0.6) is 0 Å². The van der Waals surface area contributed by atoms with E-state index in [2.05, 4.69) is 11.1 Å². The SMILES string of the molecule is Cc1cc(Sc2ccoc2C)c(CN)c(C)n1. The molecule has 0 saturated heterocycles. The first-order chi connectivity index (χ1) is 8.11. The van der Waals surface area contributed by atoms with Crippen LogP contribution < -0.4 is 5.73 Å². The van der Waals surface area contributed by atoms with Crippen molar-refractivity contribution < 1.29 is 4.42 Å². The van der Waals surface area contributed by atoms with Gasteiger partial charge in [0.2, 0.25) is 0 Å². The Morgan fingerprint density at radius 2 is 2.06 bits per heavy atom. The number of furan rings is 1. The van der Waals surface area contributed by atoms with Gasteiger partial charge in [-0.05, 0) is 32.9 Å². The normalized spacial score (nSPS) is 10.8. The zero-order valence-corrected chi connectivity index (χ0v) is 11.1. The fourth-order valence-corrected chi connectivity index (χ4v) is 2.89. The third kappa shape index (κ3) is 2.53. The minimum absolute atomic E-state index is 0.512. The molecule has 3 nitrogen and oxygen atoms in total. The van der Waals surface area contributed by atoms with Crippen molar-refractivity contribution in [2.45, 2.75) is 37.1 Å². The van der Waals surface area contributed by atoms with Crippen molar-refractivity contribution in [3.05, 3.63) is 41.1 Å². The Kier molecular flexibility index (Phi) is 3.54. The highest BCUT2D eigenvalue weighted by molar-refractivity contribution is 7.99. The summed E-state index contributed by atoms with van der Waals surface area (Å²) in [5, 5.41) is 0. The first-order valence-corrected chi connectivity index (χ1v) is 6.32. The summed E-state index contributed by atoms with van der Waals surface area (Å²) in [6.07, 6.45) is 1.71. The lowest BCUT2D eigenvalue weighted by Crippen LogP contribution is -2.04. The van der Waals surface area contributed by atoms with Crippen molar-refractivity contribution in [2.24, 2.45) is 5.73 Å². The third-order valence-corrected chi connectivity index (χ3v) is 3.88. The van der Waals surface area contributed by atoms with Crippen LogP contribution in [-0.2, 0) is 6.54 Å². The van der Waals surface area contributed by atoms with Crippen LogP contribution >= 0.6 is 11.8 Å². The van der Waals surface area contributed by atoms with Crippen molar-refractivity contribution in [1.29, 1.82) is 0 Å². The second-order valence-corrected chi connectivity index (χ2v) is 5.06. The van der Waals surface area contributed by atoms with E-state index in [1.165, 1.54) is 4.90 Å². The van der Waals surface area contributed by atoms with Gasteiger partial charge in [-0.1, -0.05) is 11.8 Å². The monoisotopic (exact) mass is 248 g/mol. The lowest BCUT2D eigenvalue weighted by Gasteiger charge is -2.10. The molecule has 0 fully saturated rings. The average Bonchev–Trinajstić information content (AvgIpc) is 2.64. The molecule has 2 rings (SSSR count). The molecule has 17 heavy (non-hydrogen) atoms. The number of hydrogen-bond acceptors (Lipinski definition) is 4. The van der Waals surface area contributed by atoms with Crippen LogP contribution in [0.15, 0.2) is 32.6 Å². The Hall–Kier alpha value is -1.26. The lowest BCUT2D eigenvalue weighted by atomic mass is 10.2. The Morgan fingerprint density at radius 1 is 1.29 bits per heavy atom. The molecule has 0 bridgehead atoms. The smallest absolute Gasteiger partial charge is 0.114 e. The molecule has 2 N–H and O–H groups in total. The molecule has 0 saturated carbocycles. The van der Waals surface area contributed by atoms with Gasteiger partial charge in [-0.2, -0.15) is 0 Å². The molecule has 0 unspecified atom stereocenters. The van der Waals surface area contributed by atoms with Crippen LogP contribution in [0.2, 0.25) is 0 Å². The molecule has 90 valence electrons. The van der Waals surface area contributed by atoms with E-state index in [4.69, 9.17) is 10.2 Å². The van der Waals surface area contributed by atoms with E-state index in [1.807, 2.05) is 26.8 Å². The summed E-state index contributed by atoms with van der Waals surface area (Å²) < 4.78 is 5.30. The maximum atomic E-state index is 5.79. The van der Waals surface area contributed by atoms with Gasteiger partial charge in [0.05, 0.1) is 11.2 Å². The van der Waals surface area contributed by atoms with Crippen LogP contribution in [0.4, 0.5) is 0 Å². The van der Waals surface area contributed by atoms with Gasteiger partial charge in [0.25, 0.3) is 0 Å². The summed E-state index contributed by atoms with van der Waals surface area (Å²) in [5.74, 6) is 0.935. The van der Waals surface area contributed by atoms with E-state index in [9.17, 15) is 0 Å². The van der Waals surface area contributed by atoms with E-state index in [1.54, 1.807) is 18.0 Å². The molecular formula is C13H16N2OS. The van der Waals surface area contributed by atoms with Crippen molar-refractivity contribution >= 4 is 11.8 Å². The number of hydrogen-bond donors (Lipinski definition) is 1. The van der Waals surface area contributed by atoms with Crippen LogP contribution in [0.1, 0.15) is 22.7 Å². The standard InChI is InChI=1S/C13H16N2OS/c1-8-6-13(11(7-14)9(2)15-8)17-12-4-5-16-10(12)3/h4-6H,7,14H2,1-3H3. The fourth-order valence-electron chi connectivity index (χ4n) is 1.76. The van der Waals surface area contributed by atoms with Gasteiger partial charge in [-0.25, -0.2) is 0 Å². The molecule has 2 heterocycles. The van der Waals surface area contributed by atoms with Crippen molar-refractivity contribution in [2.75, 3.05) is 0 Å². The number of nitrogens with zero attached hydrogens (tertiary/aromatic N) is 1. The zero-order valence-electron chi connectivity index (χ0n) is 10.3. The molecule has 2 aromatic heterocycles. The topological polar surface area (TPSA) is 52.0 Å². The minimum atomic E-state index is 0.512. The highest BCUT2D eigenvalue weighted by Gasteiger charge is 2.11. The van der Waals surface area contributed by atoms with Crippen LogP contribution in [0.3, 0.4) is 0 Å². The molecule has 0 aliphatic rings. The average molecular weight is 248 g/mol. The molecule has 0 amide bonds.